The number of rotatable bonds is 12. The van der Waals surface area contributed by atoms with E-state index in [1.165, 1.54) is 0 Å². The number of amides is 1. The topological polar surface area (TPSA) is 66.0 Å². The molecule has 1 amide bonds. The molecule has 0 saturated carbocycles. The zero-order valence-corrected chi connectivity index (χ0v) is 16.8. The van der Waals surface area contributed by atoms with Crippen LogP contribution in [0.4, 0.5) is 5.69 Å². The van der Waals surface area contributed by atoms with Crippen molar-refractivity contribution < 1.29 is 23.7 Å². The lowest BCUT2D eigenvalue weighted by molar-refractivity contribution is -0.116. The maximum atomic E-state index is 12.3. The van der Waals surface area contributed by atoms with Crippen LogP contribution in [-0.4, -0.2) is 32.3 Å². The summed E-state index contributed by atoms with van der Waals surface area (Å²) in [5, 5.41) is 2.90. The molecule has 0 atom stereocenters. The number of hydrogen-bond acceptors (Lipinski definition) is 5. The molecule has 2 rings (SSSR count). The maximum Gasteiger partial charge on any atom is 0.224 e. The summed E-state index contributed by atoms with van der Waals surface area (Å²) in [6.07, 6.45) is 0.919. The van der Waals surface area contributed by atoms with Crippen LogP contribution < -0.4 is 24.3 Å². The SMILES string of the molecule is CCOc1ccc(OCC)c(NC(=O)CCCOc2ccccc2OCC)c1. The molecule has 6 heteroatoms. The van der Waals surface area contributed by atoms with Crippen molar-refractivity contribution in [2.75, 3.05) is 31.7 Å². The zero-order chi connectivity index (χ0) is 20.2. The molecule has 1 N–H and O–H groups in total. The van der Waals surface area contributed by atoms with Gasteiger partial charge in [0, 0.05) is 12.5 Å². The van der Waals surface area contributed by atoms with Gasteiger partial charge in [0.25, 0.3) is 0 Å². The lowest BCUT2D eigenvalue weighted by Crippen LogP contribution is -2.14. The van der Waals surface area contributed by atoms with E-state index in [1.54, 1.807) is 12.1 Å². The molecule has 0 saturated heterocycles. The monoisotopic (exact) mass is 387 g/mol. The summed E-state index contributed by atoms with van der Waals surface area (Å²) in [5.41, 5.74) is 0.611. The van der Waals surface area contributed by atoms with Crippen LogP contribution in [-0.2, 0) is 4.79 Å². The Morgan fingerprint density at radius 3 is 2.14 bits per heavy atom. The molecule has 6 nitrogen and oxygen atoms in total. The molecule has 0 aliphatic heterocycles. The van der Waals surface area contributed by atoms with E-state index in [1.807, 2.05) is 51.1 Å². The Kier molecular flexibility index (Phi) is 8.98. The van der Waals surface area contributed by atoms with E-state index in [0.29, 0.717) is 68.0 Å². The summed E-state index contributed by atoms with van der Waals surface area (Å²) in [6.45, 7) is 7.82. The normalized spacial score (nSPS) is 10.2. The second kappa shape index (κ2) is 11.7. The average molecular weight is 387 g/mol. The van der Waals surface area contributed by atoms with Crippen molar-refractivity contribution in [2.45, 2.75) is 33.6 Å². The van der Waals surface area contributed by atoms with Gasteiger partial charge in [0.2, 0.25) is 5.91 Å². The fourth-order valence-corrected chi connectivity index (χ4v) is 2.62. The molecular formula is C22H29NO5. The zero-order valence-electron chi connectivity index (χ0n) is 16.8. The first-order valence-electron chi connectivity index (χ1n) is 9.72. The van der Waals surface area contributed by atoms with Gasteiger partial charge in [0.05, 0.1) is 32.1 Å². The predicted molar refractivity (Wildman–Crippen MR) is 110 cm³/mol. The Bertz CT molecular complexity index is 747. The first-order valence-corrected chi connectivity index (χ1v) is 9.72. The highest BCUT2D eigenvalue weighted by molar-refractivity contribution is 5.92. The third-order valence-electron chi connectivity index (χ3n) is 3.79. The van der Waals surface area contributed by atoms with Crippen LogP contribution in [0.5, 0.6) is 23.0 Å². The van der Waals surface area contributed by atoms with Crippen molar-refractivity contribution in [2.24, 2.45) is 0 Å². The van der Waals surface area contributed by atoms with Crippen molar-refractivity contribution in [3.63, 3.8) is 0 Å². The largest absolute Gasteiger partial charge is 0.494 e. The molecule has 2 aromatic rings. The minimum absolute atomic E-state index is 0.101. The van der Waals surface area contributed by atoms with Gasteiger partial charge < -0.3 is 24.3 Å². The van der Waals surface area contributed by atoms with Crippen LogP contribution in [0.1, 0.15) is 33.6 Å². The molecular weight excluding hydrogens is 358 g/mol. The van der Waals surface area contributed by atoms with Crippen molar-refractivity contribution in [1.82, 2.24) is 0 Å². The minimum Gasteiger partial charge on any atom is -0.494 e. The van der Waals surface area contributed by atoms with Crippen molar-refractivity contribution >= 4 is 11.6 Å². The molecule has 0 aliphatic carbocycles. The van der Waals surface area contributed by atoms with Crippen LogP contribution in [0.2, 0.25) is 0 Å². The van der Waals surface area contributed by atoms with E-state index >= 15 is 0 Å². The summed E-state index contributed by atoms with van der Waals surface area (Å²) in [4.78, 5) is 12.3. The van der Waals surface area contributed by atoms with E-state index in [9.17, 15) is 4.79 Å². The summed E-state index contributed by atoms with van der Waals surface area (Å²) >= 11 is 0. The summed E-state index contributed by atoms with van der Waals surface area (Å²) in [6, 6.07) is 12.9. The third kappa shape index (κ3) is 6.68. The molecule has 0 unspecified atom stereocenters. The van der Waals surface area contributed by atoms with Gasteiger partial charge in [0.1, 0.15) is 11.5 Å². The van der Waals surface area contributed by atoms with E-state index in [4.69, 9.17) is 18.9 Å². The Morgan fingerprint density at radius 2 is 1.46 bits per heavy atom. The number of nitrogens with one attached hydrogen (secondary N) is 1. The number of carbonyl (C=O) groups excluding carboxylic acids is 1. The van der Waals surface area contributed by atoms with Crippen molar-refractivity contribution in [3.8, 4) is 23.0 Å². The van der Waals surface area contributed by atoms with E-state index in [-0.39, 0.29) is 5.91 Å². The molecule has 0 spiro atoms. The number of carbonyl (C=O) groups is 1. The summed E-state index contributed by atoms with van der Waals surface area (Å²) in [5.74, 6) is 2.62. The Hall–Kier alpha value is -2.89. The Morgan fingerprint density at radius 1 is 0.821 bits per heavy atom. The molecule has 2 aromatic carbocycles. The molecule has 0 bridgehead atoms. The van der Waals surface area contributed by atoms with E-state index in [0.717, 1.165) is 0 Å². The minimum atomic E-state index is -0.101. The molecule has 0 radical (unpaired) electrons. The van der Waals surface area contributed by atoms with Gasteiger partial charge in [-0.25, -0.2) is 0 Å². The first-order chi connectivity index (χ1) is 13.7. The Labute approximate surface area is 166 Å². The highest BCUT2D eigenvalue weighted by Gasteiger charge is 2.10. The van der Waals surface area contributed by atoms with Crippen LogP contribution in [0.15, 0.2) is 42.5 Å². The van der Waals surface area contributed by atoms with Crippen LogP contribution in [0, 0.1) is 0 Å². The molecule has 28 heavy (non-hydrogen) atoms. The number of benzene rings is 2. The second-order valence-corrected chi connectivity index (χ2v) is 5.90. The van der Waals surface area contributed by atoms with Gasteiger partial charge >= 0.3 is 0 Å². The number of anilines is 1. The molecule has 152 valence electrons. The van der Waals surface area contributed by atoms with Gasteiger partial charge in [-0.15, -0.1) is 0 Å². The third-order valence-corrected chi connectivity index (χ3v) is 3.79. The second-order valence-electron chi connectivity index (χ2n) is 5.90. The molecule has 0 fully saturated rings. The number of hydrogen-bond donors (Lipinski definition) is 1. The number of ether oxygens (including phenoxy) is 4. The predicted octanol–water partition coefficient (Wildman–Crippen LogP) is 4.68. The quantitative estimate of drug-likeness (QED) is 0.536. The van der Waals surface area contributed by atoms with Crippen molar-refractivity contribution in [1.29, 1.82) is 0 Å². The summed E-state index contributed by atoms with van der Waals surface area (Å²) < 4.78 is 22.4. The van der Waals surface area contributed by atoms with Crippen LogP contribution in [0.3, 0.4) is 0 Å². The smallest absolute Gasteiger partial charge is 0.224 e. The maximum absolute atomic E-state index is 12.3. The van der Waals surface area contributed by atoms with E-state index in [2.05, 4.69) is 5.32 Å². The first kappa shape index (κ1) is 21.4. The van der Waals surface area contributed by atoms with Gasteiger partial charge in [-0.3, -0.25) is 4.79 Å². The average Bonchev–Trinajstić information content (AvgIpc) is 2.69. The summed E-state index contributed by atoms with van der Waals surface area (Å²) in [7, 11) is 0. The number of para-hydroxylation sites is 2. The highest BCUT2D eigenvalue weighted by atomic mass is 16.5. The molecule has 0 heterocycles. The lowest BCUT2D eigenvalue weighted by atomic mass is 10.2. The van der Waals surface area contributed by atoms with Gasteiger partial charge in [-0.1, -0.05) is 12.1 Å². The fraction of sp³-hybridized carbons (Fsp3) is 0.409. The van der Waals surface area contributed by atoms with Crippen LogP contribution >= 0.6 is 0 Å². The van der Waals surface area contributed by atoms with Crippen LogP contribution in [0.25, 0.3) is 0 Å². The standard InChI is InChI=1S/C22H29NO5/c1-4-25-17-13-14-19(26-5-2)18(16-17)23-22(24)12-9-15-28-21-11-8-7-10-20(21)27-6-3/h7-8,10-11,13-14,16H,4-6,9,12,15H2,1-3H3,(H,23,24). The lowest BCUT2D eigenvalue weighted by Gasteiger charge is -2.14. The highest BCUT2D eigenvalue weighted by Crippen LogP contribution is 2.30. The Balaban J connectivity index is 1.86. The fourth-order valence-electron chi connectivity index (χ4n) is 2.62. The van der Waals surface area contributed by atoms with Gasteiger partial charge in [-0.2, -0.15) is 0 Å². The van der Waals surface area contributed by atoms with Crippen molar-refractivity contribution in [3.05, 3.63) is 42.5 Å². The molecule has 0 aromatic heterocycles. The van der Waals surface area contributed by atoms with Gasteiger partial charge in [-0.05, 0) is 51.5 Å². The van der Waals surface area contributed by atoms with Gasteiger partial charge in [0.15, 0.2) is 11.5 Å². The van der Waals surface area contributed by atoms with E-state index < -0.39 is 0 Å². The molecule has 0 aliphatic rings.